The standard InChI is InChI=1S/C15H20N2O2/c1-12(2)11-19-8-7-17-15(18)9-13-3-5-14(10-16)6-4-13/h3-6,12H,7-9,11H2,1-2H3,(H,17,18). The van der Waals surface area contributed by atoms with E-state index < -0.39 is 0 Å². The van der Waals surface area contributed by atoms with Crippen LogP contribution < -0.4 is 5.32 Å². The summed E-state index contributed by atoms with van der Waals surface area (Å²) >= 11 is 0. The van der Waals surface area contributed by atoms with Crippen molar-refractivity contribution >= 4 is 5.91 Å². The molecule has 0 unspecified atom stereocenters. The van der Waals surface area contributed by atoms with Crippen LogP contribution in [0.5, 0.6) is 0 Å². The smallest absolute Gasteiger partial charge is 0.224 e. The van der Waals surface area contributed by atoms with Gasteiger partial charge in [-0.05, 0) is 23.6 Å². The molecule has 0 heterocycles. The summed E-state index contributed by atoms with van der Waals surface area (Å²) in [6, 6.07) is 9.08. The lowest BCUT2D eigenvalue weighted by Crippen LogP contribution is -2.29. The molecular weight excluding hydrogens is 240 g/mol. The van der Waals surface area contributed by atoms with Crippen molar-refractivity contribution in [3.63, 3.8) is 0 Å². The topological polar surface area (TPSA) is 62.1 Å². The summed E-state index contributed by atoms with van der Waals surface area (Å²) < 4.78 is 5.38. The number of carbonyl (C=O) groups excluding carboxylic acids is 1. The molecule has 0 bridgehead atoms. The molecule has 4 heteroatoms. The van der Waals surface area contributed by atoms with Gasteiger partial charge in [0, 0.05) is 13.2 Å². The maximum atomic E-state index is 11.6. The fourth-order valence-electron chi connectivity index (χ4n) is 1.53. The van der Waals surface area contributed by atoms with Crippen molar-refractivity contribution in [2.24, 2.45) is 5.92 Å². The Kier molecular flexibility index (Phi) is 6.62. The van der Waals surface area contributed by atoms with Crippen LogP contribution in [-0.2, 0) is 16.0 Å². The van der Waals surface area contributed by atoms with Gasteiger partial charge in [-0.15, -0.1) is 0 Å². The van der Waals surface area contributed by atoms with E-state index in [2.05, 4.69) is 19.2 Å². The summed E-state index contributed by atoms with van der Waals surface area (Å²) in [6.45, 7) is 5.96. The van der Waals surface area contributed by atoms with Crippen molar-refractivity contribution in [2.45, 2.75) is 20.3 Å². The first-order valence-electron chi connectivity index (χ1n) is 6.45. The van der Waals surface area contributed by atoms with Crippen LogP contribution in [-0.4, -0.2) is 25.7 Å². The fourth-order valence-corrected chi connectivity index (χ4v) is 1.53. The Bertz CT molecular complexity index is 432. The summed E-state index contributed by atoms with van der Waals surface area (Å²) in [5.74, 6) is 0.479. The Morgan fingerprint density at radius 3 is 2.63 bits per heavy atom. The molecule has 102 valence electrons. The molecule has 0 saturated carbocycles. The van der Waals surface area contributed by atoms with Gasteiger partial charge in [0.2, 0.25) is 5.91 Å². The molecule has 0 aromatic heterocycles. The van der Waals surface area contributed by atoms with Gasteiger partial charge in [0.05, 0.1) is 24.7 Å². The molecule has 0 aliphatic heterocycles. The number of benzene rings is 1. The van der Waals surface area contributed by atoms with Crippen LogP contribution in [0.2, 0.25) is 0 Å². The van der Waals surface area contributed by atoms with Gasteiger partial charge < -0.3 is 10.1 Å². The van der Waals surface area contributed by atoms with E-state index in [1.165, 1.54) is 0 Å². The third-order valence-electron chi connectivity index (χ3n) is 2.47. The number of ether oxygens (including phenoxy) is 1. The zero-order valence-electron chi connectivity index (χ0n) is 11.5. The van der Waals surface area contributed by atoms with Crippen LogP contribution >= 0.6 is 0 Å². The third-order valence-corrected chi connectivity index (χ3v) is 2.47. The Morgan fingerprint density at radius 2 is 2.05 bits per heavy atom. The van der Waals surface area contributed by atoms with Crippen molar-refractivity contribution in [3.05, 3.63) is 35.4 Å². The highest BCUT2D eigenvalue weighted by Gasteiger charge is 2.03. The number of hydrogen-bond acceptors (Lipinski definition) is 3. The number of amides is 1. The van der Waals surface area contributed by atoms with E-state index in [4.69, 9.17) is 10.00 Å². The van der Waals surface area contributed by atoms with Gasteiger partial charge in [0.1, 0.15) is 0 Å². The quantitative estimate of drug-likeness (QED) is 0.761. The fraction of sp³-hybridized carbons (Fsp3) is 0.467. The molecule has 1 amide bonds. The lowest BCUT2D eigenvalue weighted by molar-refractivity contribution is -0.120. The van der Waals surface area contributed by atoms with E-state index in [1.54, 1.807) is 24.3 Å². The molecule has 19 heavy (non-hydrogen) atoms. The number of nitriles is 1. The molecule has 0 aliphatic rings. The highest BCUT2D eigenvalue weighted by Crippen LogP contribution is 2.03. The molecule has 0 radical (unpaired) electrons. The third kappa shape index (κ3) is 6.58. The van der Waals surface area contributed by atoms with Crippen molar-refractivity contribution in [3.8, 4) is 6.07 Å². The predicted octanol–water partition coefficient (Wildman–Crippen LogP) is 1.89. The summed E-state index contributed by atoms with van der Waals surface area (Å²) in [7, 11) is 0. The minimum absolute atomic E-state index is 0.0298. The maximum Gasteiger partial charge on any atom is 0.224 e. The van der Waals surface area contributed by atoms with Gasteiger partial charge in [-0.25, -0.2) is 0 Å². The first-order valence-corrected chi connectivity index (χ1v) is 6.45. The van der Waals surface area contributed by atoms with Crippen molar-refractivity contribution in [1.29, 1.82) is 5.26 Å². The van der Waals surface area contributed by atoms with Gasteiger partial charge in [-0.2, -0.15) is 5.26 Å². The largest absolute Gasteiger partial charge is 0.379 e. The van der Waals surface area contributed by atoms with Crippen LogP contribution in [0.4, 0.5) is 0 Å². The van der Waals surface area contributed by atoms with Crippen LogP contribution in [0.25, 0.3) is 0 Å². The van der Waals surface area contributed by atoms with Gasteiger partial charge in [-0.3, -0.25) is 4.79 Å². The molecule has 0 aliphatic carbocycles. The summed E-state index contributed by atoms with van der Waals surface area (Å²) in [5, 5.41) is 11.5. The Morgan fingerprint density at radius 1 is 1.37 bits per heavy atom. The van der Waals surface area contributed by atoms with E-state index >= 15 is 0 Å². The van der Waals surface area contributed by atoms with E-state index in [-0.39, 0.29) is 5.91 Å². The van der Waals surface area contributed by atoms with E-state index in [0.29, 0.717) is 37.7 Å². The molecule has 0 fully saturated rings. The van der Waals surface area contributed by atoms with Gasteiger partial charge in [0.15, 0.2) is 0 Å². The predicted molar refractivity (Wildman–Crippen MR) is 73.5 cm³/mol. The minimum Gasteiger partial charge on any atom is -0.379 e. The number of nitrogens with zero attached hydrogens (tertiary/aromatic N) is 1. The van der Waals surface area contributed by atoms with Crippen LogP contribution in [0.1, 0.15) is 25.0 Å². The molecular formula is C15H20N2O2. The van der Waals surface area contributed by atoms with E-state index in [0.717, 1.165) is 5.56 Å². The monoisotopic (exact) mass is 260 g/mol. The first kappa shape index (κ1) is 15.2. The summed E-state index contributed by atoms with van der Waals surface area (Å²) in [4.78, 5) is 11.6. The molecule has 0 saturated heterocycles. The van der Waals surface area contributed by atoms with Crippen molar-refractivity contribution in [2.75, 3.05) is 19.8 Å². The molecule has 4 nitrogen and oxygen atoms in total. The molecule has 1 aromatic rings. The first-order chi connectivity index (χ1) is 9.11. The van der Waals surface area contributed by atoms with E-state index in [1.807, 2.05) is 6.07 Å². The van der Waals surface area contributed by atoms with Gasteiger partial charge >= 0.3 is 0 Å². The van der Waals surface area contributed by atoms with E-state index in [9.17, 15) is 4.79 Å². The molecule has 1 N–H and O–H groups in total. The normalized spacial score (nSPS) is 10.2. The molecule has 1 aromatic carbocycles. The summed E-state index contributed by atoms with van der Waals surface area (Å²) in [5.41, 5.74) is 1.51. The highest BCUT2D eigenvalue weighted by atomic mass is 16.5. The second kappa shape index (κ2) is 8.28. The number of nitrogens with one attached hydrogen (secondary N) is 1. The average molecular weight is 260 g/mol. The number of carbonyl (C=O) groups is 1. The minimum atomic E-state index is -0.0298. The number of rotatable bonds is 7. The average Bonchev–Trinajstić information content (AvgIpc) is 2.39. The zero-order chi connectivity index (χ0) is 14.1. The number of hydrogen-bond donors (Lipinski definition) is 1. The van der Waals surface area contributed by atoms with Crippen LogP contribution in [0.15, 0.2) is 24.3 Å². The lowest BCUT2D eigenvalue weighted by atomic mass is 10.1. The van der Waals surface area contributed by atoms with Crippen molar-refractivity contribution in [1.82, 2.24) is 5.32 Å². The Labute approximate surface area is 114 Å². The SMILES string of the molecule is CC(C)COCCNC(=O)Cc1ccc(C#N)cc1. The lowest BCUT2D eigenvalue weighted by Gasteiger charge is -2.08. The second-order valence-corrected chi connectivity index (χ2v) is 4.80. The van der Waals surface area contributed by atoms with Crippen molar-refractivity contribution < 1.29 is 9.53 Å². The van der Waals surface area contributed by atoms with Crippen LogP contribution in [0, 0.1) is 17.2 Å². The van der Waals surface area contributed by atoms with Gasteiger partial charge in [-0.1, -0.05) is 26.0 Å². The Hall–Kier alpha value is -1.86. The highest BCUT2D eigenvalue weighted by molar-refractivity contribution is 5.78. The van der Waals surface area contributed by atoms with Gasteiger partial charge in [0.25, 0.3) is 0 Å². The Balaban J connectivity index is 2.22. The summed E-state index contributed by atoms with van der Waals surface area (Å²) in [6.07, 6.45) is 0.329. The molecule has 0 atom stereocenters. The zero-order valence-corrected chi connectivity index (χ0v) is 11.5. The molecule has 0 spiro atoms. The maximum absolute atomic E-state index is 11.6. The molecule has 1 rings (SSSR count). The van der Waals surface area contributed by atoms with Crippen LogP contribution in [0.3, 0.4) is 0 Å². The second-order valence-electron chi connectivity index (χ2n) is 4.80.